The average Bonchev–Trinajstić information content (AvgIpc) is 2.94. The third kappa shape index (κ3) is 14.1. The fourth-order valence-corrected chi connectivity index (χ4v) is 3.32. The van der Waals surface area contributed by atoms with E-state index in [1.165, 1.54) is 0 Å². The molecule has 10 heteroatoms. The molecule has 0 aromatic heterocycles. The van der Waals surface area contributed by atoms with Gasteiger partial charge in [0, 0.05) is 18.2 Å². The van der Waals surface area contributed by atoms with Gasteiger partial charge in [0.05, 0.1) is 19.1 Å². The molecular formula is C28H36N2O8. The Morgan fingerprint density at radius 2 is 1.47 bits per heavy atom. The van der Waals surface area contributed by atoms with Crippen molar-refractivity contribution in [3.05, 3.63) is 71.3 Å². The first kappa shape index (κ1) is 32.3. The lowest BCUT2D eigenvalue weighted by molar-refractivity contribution is -0.147. The van der Waals surface area contributed by atoms with Crippen molar-refractivity contribution >= 4 is 17.8 Å². The maximum Gasteiger partial charge on any atom is 0.332 e. The molecule has 0 aliphatic heterocycles. The molecule has 3 unspecified atom stereocenters. The first-order valence-corrected chi connectivity index (χ1v) is 12.1. The molecule has 0 spiro atoms. The highest BCUT2D eigenvalue weighted by molar-refractivity contribution is 5.78. The number of carboxylic acids is 1. The van der Waals surface area contributed by atoms with E-state index in [1.54, 1.807) is 24.3 Å². The van der Waals surface area contributed by atoms with Crippen LogP contribution < -0.4 is 10.6 Å². The van der Waals surface area contributed by atoms with Crippen LogP contribution in [0.15, 0.2) is 54.6 Å². The first-order valence-electron chi connectivity index (χ1n) is 12.1. The third-order valence-corrected chi connectivity index (χ3v) is 5.48. The minimum Gasteiger partial charge on any atom is -0.479 e. The zero-order chi connectivity index (χ0) is 28.3. The molecule has 10 nitrogen and oxygen atoms in total. The van der Waals surface area contributed by atoms with Gasteiger partial charge in [0.2, 0.25) is 11.8 Å². The van der Waals surface area contributed by atoms with E-state index in [2.05, 4.69) is 16.6 Å². The number of benzene rings is 2. The molecule has 0 saturated carbocycles. The second-order valence-electron chi connectivity index (χ2n) is 8.55. The highest BCUT2D eigenvalue weighted by atomic mass is 16.4. The molecule has 0 heterocycles. The van der Waals surface area contributed by atoms with Crippen LogP contribution in [0.2, 0.25) is 0 Å². The summed E-state index contributed by atoms with van der Waals surface area (Å²) in [6, 6.07) is 16.0. The Labute approximate surface area is 222 Å². The van der Waals surface area contributed by atoms with Gasteiger partial charge in [-0.3, -0.25) is 9.59 Å². The van der Waals surface area contributed by atoms with E-state index in [1.807, 2.05) is 30.3 Å². The predicted molar refractivity (Wildman–Crippen MR) is 141 cm³/mol. The number of rotatable bonds is 14. The number of carbonyl (C=O) groups excluding carboxylic acids is 2. The van der Waals surface area contributed by atoms with E-state index in [-0.39, 0.29) is 51.2 Å². The lowest BCUT2D eigenvalue weighted by atomic mass is 10.0. The van der Waals surface area contributed by atoms with Crippen molar-refractivity contribution < 1.29 is 39.9 Å². The number of hydrogen-bond donors (Lipinski definition) is 7. The number of hydrogen-bond acceptors (Lipinski definition) is 7. The molecule has 7 N–H and O–H groups in total. The van der Waals surface area contributed by atoms with Crippen molar-refractivity contribution in [3.8, 4) is 12.3 Å². The van der Waals surface area contributed by atoms with Gasteiger partial charge < -0.3 is 36.2 Å². The second kappa shape index (κ2) is 18.5. The van der Waals surface area contributed by atoms with Crippen LogP contribution >= 0.6 is 0 Å². The predicted octanol–water partition coefficient (Wildman–Crippen LogP) is 0.349. The van der Waals surface area contributed by atoms with Crippen LogP contribution in [0.5, 0.6) is 0 Å². The summed E-state index contributed by atoms with van der Waals surface area (Å²) in [7, 11) is 0. The SMILES string of the molecule is C#Cc1ccc(CC(=O)NCC(O)CCC(CCC(O)C(=O)O)NC(=O)CO)cc1.OCc1ccccc1. The molecule has 2 aromatic carbocycles. The van der Waals surface area contributed by atoms with Gasteiger partial charge in [-0.25, -0.2) is 4.79 Å². The Balaban J connectivity index is 0.000000763. The number of aliphatic hydroxyl groups excluding tert-OH is 4. The molecule has 0 saturated heterocycles. The van der Waals surface area contributed by atoms with E-state index < -0.39 is 36.7 Å². The summed E-state index contributed by atoms with van der Waals surface area (Å²) in [4.78, 5) is 34.1. The van der Waals surface area contributed by atoms with Crippen LogP contribution in [0.4, 0.5) is 0 Å². The molecule has 0 aliphatic carbocycles. The van der Waals surface area contributed by atoms with E-state index >= 15 is 0 Å². The number of aliphatic hydroxyl groups is 4. The molecule has 0 radical (unpaired) electrons. The van der Waals surface area contributed by atoms with Crippen molar-refractivity contribution in [2.45, 2.75) is 57.0 Å². The zero-order valence-electron chi connectivity index (χ0n) is 21.1. The largest absolute Gasteiger partial charge is 0.479 e. The van der Waals surface area contributed by atoms with Crippen LogP contribution in [-0.4, -0.2) is 74.7 Å². The lowest BCUT2D eigenvalue weighted by Crippen LogP contribution is -2.39. The Hall–Kier alpha value is -3.75. The molecule has 2 rings (SSSR count). The second-order valence-corrected chi connectivity index (χ2v) is 8.55. The van der Waals surface area contributed by atoms with Crippen molar-refractivity contribution in [1.82, 2.24) is 10.6 Å². The van der Waals surface area contributed by atoms with Crippen LogP contribution in [0.25, 0.3) is 0 Å². The summed E-state index contributed by atoms with van der Waals surface area (Å²) in [5.74, 6) is 0.226. The number of aliphatic carboxylic acids is 1. The Morgan fingerprint density at radius 3 is 2.00 bits per heavy atom. The van der Waals surface area contributed by atoms with E-state index in [0.717, 1.165) is 11.1 Å². The summed E-state index contributed by atoms with van der Waals surface area (Å²) in [6.45, 7) is -0.570. The van der Waals surface area contributed by atoms with Gasteiger partial charge in [-0.05, 0) is 48.9 Å². The quantitative estimate of drug-likeness (QED) is 0.172. The monoisotopic (exact) mass is 528 g/mol. The van der Waals surface area contributed by atoms with Crippen LogP contribution in [0.1, 0.15) is 42.4 Å². The first-order chi connectivity index (χ1) is 18.2. The van der Waals surface area contributed by atoms with Gasteiger partial charge in [-0.2, -0.15) is 0 Å². The third-order valence-electron chi connectivity index (χ3n) is 5.48. The number of nitrogens with one attached hydrogen (secondary N) is 2. The molecule has 0 fully saturated rings. The van der Waals surface area contributed by atoms with Crippen LogP contribution in [0, 0.1) is 12.3 Å². The Morgan fingerprint density at radius 1 is 0.842 bits per heavy atom. The minimum absolute atomic E-state index is 0.0136. The van der Waals surface area contributed by atoms with E-state index in [9.17, 15) is 24.6 Å². The minimum atomic E-state index is -1.56. The van der Waals surface area contributed by atoms with Crippen LogP contribution in [-0.2, 0) is 27.4 Å². The van der Waals surface area contributed by atoms with Gasteiger partial charge in [0.1, 0.15) is 6.61 Å². The van der Waals surface area contributed by atoms with Gasteiger partial charge in [-0.15, -0.1) is 6.42 Å². The van der Waals surface area contributed by atoms with Gasteiger partial charge >= 0.3 is 5.97 Å². The Bertz CT molecular complexity index is 1020. The van der Waals surface area contributed by atoms with Crippen molar-refractivity contribution in [2.24, 2.45) is 0 Å². The smallest absolute Gasteiger partial charge is 0.332 e. The number of amides is 2. The molecule has 2 amide bonds. The molecule has 2 aromatic rings. The number of terminal acetylenes is 1. The molecule has 38 heavy (non-hydrogen) atoms. The zero-order valence-corrected chi connectivity index (χ0v) is 21.1. The molecule has 0 bridgehead atoms. The normalized spacial score (nSPS) is 12.6. The maximum atomic E-state index is 12.0. The van der Waals surface area contributed by atoms with Gasteiger partial charge in [0.15, 0.2) is 6.10 Å². The Kier molecular flexibility index (Phi) is 15.7. The summed E-state index contributed by atoms with van der Waals surface area (Å²) >= 11 is 0. The molecule has 3 atom stereocenters. The summed E-state index contributed by atoms with van der Waals surface area (Å²) in [5, 5.41) is 50.7. The van der Waals surface area contributed by atoms with Gasteiger partial charge in [0.25, 0.3) is 0 Å². The fraction of sp³-hybridized carbons (Fsp3) is 0.393. The fourth-order valence-electron chi connectivity index (χ4n) is 3.32. The van der Waals surface area contributed by atoms with Crippen molar-refractivity contribution in [2.75, 3.05) is 13.2 Å². The van der Waals surface area contributed by atoms with E-state index in [0.29, 0.717) is 5.56 Å². The van der Waals surface area contributed by atoms with Crippen molar-refractivity contribution in [1.29, 1.82) is 0 Å². The number of carboxylic acid groups (broad SMARTS) is 1. The number of carbonyl (C=O) groups is 3. The van der Waals surface area contributed by atoms with Gasteiger partial charge in [-0.1, -0.05) is 48.4 Å². The maximum absolute atomic E-state index is 12.0. The summed E-state index contributed by atoms with van der Waals surface area (Å²) in [5.41, 5.74) is 2.46. The lowest BCUT2D eigenvalue weighted by Gasteiger charge is -2.21. The molecular weight excluding hydrogens is 492 g/mol. The summed E-state index contributed by atoms with van der Waals surface area (Å²) < 4.78 is 0. The topological polar surface area (TPSA) is 176 Å². The summed E-state index contributed by atoms with van der Waals surface area (Å²) in [6.07, 6.45) is 3.56. The highest BCUT2D eigenvalue weighted by Gasteiger charge is 2.19. The molecule has 0 aliphatic rings. The molecule has 206 valence electrons. The van der Waals surface area contributed by atoms with E-state index in [4.69, 9.17) is 21.7 Å². The average molecular weight is 529 g/mol. The highest BCUT2D eigenvalue weighted by Crippen LogP contribution is 2.10. The standard InChI is InChI=1S/C21H28N2O7.C7H8O/c1-2-14-3-5-15(6-4-14)11-19(27)22-12-17(25)9-7-16(23-20(28)13-24)8-10-18(26)21(29)30;8-6-7-4-2-1-3-5-7/h1,3-6,16-18,24-26H,7-13H2,(H,22,27)(H,23,28)(H,29,30);1-5,8H,6H2. The van der Waals surface area contributed by atoms with Crippen molar-refractivity contribution in [3.63, 3.8) is 0 Å². The van der Waals surface area contributed by atoms with Crippen LogP contribution in [0.3, 0.4) is 0 Å².